The number of rotatable bonds is 6. The third-order valence-corrected chi connectivity index (χ3v) is 2.78. The zero-order chi connectivity index (χ0) is 14.3. The Balaban J connectivity index is 2.25. The van der Waals surface area contributed by atoms with E-state index >= 15 is 0 Å². The molecule has 0 saturated carbocycles. The molecule has 2 amide bonds. The molecule has 4 heteroatoms. The van der Waals surface area contributed by atoms with Crippen molar-refractivity contribution in [2.45, 2.75) is 39.8 Å². The largest absolute Gasteiger partial charge is 0.391 e. The molecule has 1 rings (SSSR count). The number of benzene rings is 1. The highest BCUT2D eigenvalue weighted by Gasteiger charge is 2.08. The molecule has 0 fully saturated rings. The van der Waals surface area contributed by atoms with Gasteiger partial charge in [-0.25, -0.2) is 4.79 Å². The summed E-state index contributed by atoms with van der Waals surface area (Å²) in [5, 5.41) is 15.1. The summed E-state index contributed by atoms with van der Waals surface area (Å²) in [4.78, 5) is 11.6. The molecule has 4 nitrogen and oxygen atoms in total. The van der Waals surface area contributed by atoms with Crippen molar-refractivity contribution in [3.63, 3.8) is 0 Å². The second kappa shape index (κ2) is 7.79. The molecule has 0 bridgehead atoms. The fourth-order valence-electron chi connectivity index (χ4n) is 1.90. The normalized spacial score (nSPS) is 12.3. The van der Waals surface area contributed by atoms with Crippen LogP contribution >= 0.6 is 0 Å². The van der Waals surface area contributed by atoms with Crippen LogP contribution in [-0.2, 0) is 6.54 Å². The lowest BCUT2D eigenvalue weighted by Crippen LogP contribution is -2.39. The molecule has 0 aliphatic carbocycles. The monoisotopic (exact) mass is 264 g/mol. The highest BCUT2D eigenvalue weighted by molar-refractivity contribution is 5.73. The van der Waals surface area contributed by atoms with Gasteiger partial charge in [-0.1, -0.05) is 43.7 Å². The number of amides is 2. The SMILES string of the molecule is Cc1cccc(CNC(=O)NCC(O)CC(C)C)c1. The highest BCUT2D eigenvalue weighted by Crippen LogP contribution is 2.04. The molecule has 0 aliphatic heterocycles. The molecule has 0 heterocycles. The minimum atomic E-state index is -0.482. The Kier molecular flexibility index (Phi) is 6.36. The molecule has 3 N–H and O–H groups in total. The number of hydrogen-bond acceptors (Lipinski definition) is 2. The van der Waals surface area contributed by atoms with Gasteiger partial charge >= 0.3 is 6.03 Å². The van der Waals surface area contributed by atoms with Crippen LogP contribution in [0.5, 0.6) is 0 Å². The van der Waals surface area contributed by atoms with Gasteiger partial charge in [0.15, 0.2) is 0 Å². The maximum atomic E-state index is 11.6. The fraction of sp³-hybridized carbons (Fsp3) is 0.533. The molecule has 19 heavy (non-hydrogen) atoms. The van der Waals surface area contributed by atoms with Gasteiger partial charge in [0.05, 0.1) is 6.10 Å². The Hall–Kier alpha value is -1.55. The van der Waals surface area contributed by atoms with E-state index in [-0.39, 0.29) is 12.6 Å². The minimum Gasteiger partial charge on any atom is -0.391 e. The van der Waals surface area contributed by atoms with Gasteiger partial charge in [-0.05, 0) is 24.8 Å². The van der Waals surface area contributed by atoms with Crippen LogP contribution in [0.4, 0.5) is 4.79 Å². The van der Waals surface area contributed by atoms with Crippen LogP contribution in [-0.4, -0.2) is 23.8 Å². The van der Waals surface area contributed by atoms with E-state index in [0.29, 0.717) is 18.9 Å². The second-order valence-electron chi connectivity index (χ2n) is 5.34. The van der Waals surface area contributed by atoms with Gasteiger partial charge in [-0.3, -0.25) is 0 Å². The van der Waals surface area contributed by atoms with E-state index in [1.54, 1.807) is 0 Å². The van der Waals surface area contributed by atoms with Crippen LogP contribution in [0.15, 0.2) is 24.3 Å². The van der Waals surface area contributed by atoms with Crippen LogP contribution in [0.3, 0.4) is 0 Å². The van der Waals surface area contributed by atoms with E-state index in [1.807, 2.05) is 45.0 Å². The zero-order valence-corrected chi connectivity index (χ0v) is 11.9. The van der Waals surface area contributed by atoms with Gasteiger partial charge in [0.1, 0.15) is 0 Å². The first-order valence-corrected chi connectivity index (χ1v) is 6.72. The van der Waals surface area contributed by atoms with Gasteiger partial charge in [0.25, 0.3) is 0 Å². The van der Waals surface area contributed by atoms with Crippen LogP contribution in [0.1, 0.15) is 31.4 Å². The summed E-state index contributed by atoms with van der Waals surface area (Å²) < 4.78 is 0. The predicted octanol–water partition coefficient (Wildman–Crippen LogP) is 2.20. The first kappa shape index (κ1) is 15.5. The Morgan fingerprint density at radius 2 is 2.05 bits per heavy atom. The molecular weight excluding hydrogens is 240 g/mol. The molecule has 1 aromatic carbocycles. The molecule has 106 valence electrons. The minimum absolute atomic E-state index is 0.246. The van der Waals surface area contributed by atoms with Crippen molar-refractivity contribution >= 4 is 6.03 Å². The van der Waals surface area contributed by atoms with Crippen molar-refractivity contribution in [2.75, 3.05) is 6.54 Å². The smallest absolute Gasteiger partial charge is 0.315 e. The number of aliphatic hydroxyl groups is 1. The molecule has 0 radical (unpaired) electrons. The molecule has 0 aromatic heterocycles. The molecule has 0 aliphatic rings. The first-order valence-electron chi connectivity index (χ1n) is 6.72. The molecule has 1 atom stereocenters. The van der Waals surface area contributed by atoms with Crippen molar-refractivity contribution in [2.24, 2.45) is 5.92 Å². The van der Waals surface area contributed by atoms with Gasteiger partial charge in [0.2, 0.25) is 0 Å². The van der Waals surface area contributed by atoms with Crippen molar-refractivity contribution in [3.05, 3.63) is 35.4 Å². The first-order chi connectivity index (χ1) is 8.97. The van der Waals surface area contributed by atoms with Crippen molar-refractivity contribution in [1.82, 2.24) is 10.6 Å². The lowest BCUT2D eigenvalue weighted by atomic mass is 10.1. The van der Waals surface area contributed by atoms with E-state index in [4.69, 9.17) is 0 Å². The van der Waals surface area contributed by atoms with Crippen LogP contribution in [0.25, 0.3) is 0 Å². The molecular formula is C15H24N2O2. The number of urea groups is 1. The van der Waals surface area contributed by atoms with Crippen molar-refractivity contribution in [3.8, 4) is 0 Å². The van der Waals surface area contributed by atoms with Crippen molar-refractivity contribution in [1.29, 1.82) is 0 Å². The Morgan fingerprint density at radius 3 is 2.68 bits per heavy atom. The van der Waals surface area contributed by atoms with Crippen molar-refractivity contribution < 1.29 is 9.90 Å². The number of aliphatic hydroxyl groups excluding tert-OH is 1. The highest BCUT2D eigenvalue weighted by atomic mass is 16.3. The van der Waals surface area contributed by atoms with E-state index in [2.05, 4.69) is 10.6 Å². The number of carbonyl (C=O) groups is 1. The topological polar surface area (TPSA) is 61.4 Å². The fourth-order valence-corrected chi connectivity index (χ4v) is 1.90. The summed E-state index contributed by atoms with van der Waals surface area (Å²) >= 11 is 0. The Morgan fingerprint density at radius 1 is 1.32 bits per heavy atom. The maximum Gasteiger partial charge on any atom is 0.315 e. The third kappa shape index (κ3) is 6.82. The molecule has 1 aromatic rings. The van der Waals surface area contributed by atoms with Crippen LogP contribution in [0, 0.1) is 12.8 Å². The van der Waals surface area contributed by atoms with E-state index < -0.39 is 6.10 Å². The lowest BCUT2D eigenvalue weighted by molar-refractivity contribution is 0.147. The summed E-state index contributed by atoms with van der Waals surface area (Å²) in [6.45, 7) is 6.89. The summed E-state index contributed by atoms with van der Waals surface area (Å²) in [5.74, 6) is 0.423. The summed E-state index contributed by atoms with van der Waals surface area (Å²) in [6, 6.07) is 7.75. The third-order valence-electron chi connectivity index (χ3n) is 2.78. The quantitative estimate of drug-likeness (QED) is 0.737. The van der Waals surface area contributed by atoms with E-state index in [9.17, 15) is 9.90 Å². The molecule has 0 spiro atoms. The average molecular weight is 264 g/mol. The van der Waals surface area contributed by atoms with Crippen LogP contribution < -0.4 is 10.6 Å². The lowest BCUT2D eigenvalue weighted by Gasteiger charge is -2.14. The summed E-state index contributed by atoms with van der Waals surface area (Å²) in [6.07, 6.45) is 0.211. The van der Waals surface area contributed by atoms with Gasteiger partial charge in [0, 0.05) is 13.1 Å². The standard InChI is InChI=1S/C15H24N2O2/c1-11(2)7-14(18)10-17-15(19)16-9-13-6-4-5-12(3)8-13/h4-6,8,11,14,18H,7,9-10H2,1-3H3,(H2,16,17,19). The zero-order valence-electron chi connectivity index (χ0n) is 11.9. The summed E-state index contributed by atoms with van der Waals surface area (Å²) in [5.41, 5.74) is 2.24. The average Bonchev–Trinajstić information content (AvgIpc) is 2.33. The predicted molar refractivity (Wildman–Crippen MR) is 76.9 cm³/mol. The van der Waals surface area contributed by atoms with Gasteiger partial charge in [-0.2, -0.15) is 0 Å². The molecule has 0 saturated heterocycles. The van der Waals surface area contributed by atoms with E-state index in [1.165, 1.54) is 5.56 Å². The van der Waals surface area contributed by atoms with Gasteiger partial charge in [-0.15, -0.1) is 0 Å². The number of hydrogen-bond donors (Lipinski definition) is 3. The maximum absolute atomic E-state index is 11.6. The summed E-state index contributed by atoms with van der Waals surface area (Å²) in [7, 11) is 0. The number of nitrogens with one attached hydrogen (secondary N) is 2. The number of carbonyl (C=O) groups excluding carboxylic acids is 1. The number of aryl methyl sites for hydroxylation is 1. The van der Waals surface area contributed by atoms with Gasteiger partial charge < -0.3 is 15.7 Å². The van der Waals surface area contributed by atoms with Crippen LogP contribution in [0.2, 0.25) is 0 Å². The molecule has 1 unspecified atom stereocenters. The Bertz CT molecular complexity index is 405. The second-order valence-corrected chi connectivity index (χ2v) is 5.34. The van der Waals surface area contributed by atoms with E-state index in [0.717, 1.165) is 5.56 Å². The Labute approximate surface area is 115 Å².